The van der Waals surface area contributed by atoms with Crippen LogP contribution in [0.4, 0.5) is 4.79 Å². The highest BCUT2D eigenvalue weighted by molar-refractivity contribution is 9.24. The van der Waals surface area contributed by atoms with Crippen LogP contribution >= 0.6 is 31.9 Å². The van der Waals surface area contributed by atoms with Crippen LogP contribution < -0.4 is 0 Å². The minimum absolute atomic E-state index is 0.0172. The molecule has 5 heteroatoms. The molecule has 0 aromatic carbocycles. The summed E-state index contributed by atoms with van der Waals surface area (Å²) >= 11 is 6.38. The first kappa shape index (κ1) is 7.34. The van der Waals surface area contributed by atoms with Gasteiger partial charge >= 0.3 is 6.16 Å². The molecule has 3 nitrogen and oxygen atoms in total. The van der Waals surface area contributed by atoms with Crippen LogP contribution in [0.15, 0.2) is 0 Å². The number of carbonyl (C=O) groups excluding carboxylic acids is 1. The Kier molecular flexibility index (Phi) is 2.35. The predicted molar refractivity (Wildman–Crippen MR) is 37.9 cm³/mol. The van der Waals surface area contributed by atoms with Crippen molar-refractivity contribution in [2.45, 2.75) is 9.84 Å². The molecular weight excluding hydrogens is 256 g/mol. The quantitative estimate of drug-likeness (QED) is 0.531. The lowest BCUT2D eigenvalue weighted by Gasteiger charge is -2.04. The third kappa shape index (κ3) is 1.82. The molecule has 0 amide bonds. The molecule has 1 atom stereocenters. The summed E-state index contributed by atoms with van der Waals surface area (Å²) in [5.74, 6) is 0. The van der Waals surface area contributed by atoms with E-state index < -0.39 is 6.16 Å². The van der Waals surface area contributed by atoms with E-state index in [1.807, 2.05) is 0 Å². The number of carbonyl (C=O) groups is 1. The zero-order valence-corrected chi connectivity index (χ0v) is 7.51. The molecule has 0 N–H and O–H groups in total. The summed E-state index contributed by atoms with van der Waals surface area (Å²) < 4.78 is 9.16. The van der Waals surface area contributed by atoms with Crippen LogP contribution in [-0.4, -0.2) is 22.6 Å². The standard InChI is InChI=1S/C4H4Br2O3/c5-3(6)2-1-8-4(7)9-2/h2-3H,1H2. The second-order valence-electron chi connectivity index (χ2n) is 1.55. The third-order valence-corrected chi connectivity index (χ3v) is 2.07. The molecule has 0 bridgehead atoms. The minimum atomic E-state index is -0.594. The monoisotopic (exact) mass is 258 g/mol. The second-order valence-corrected chi connectivity index (χ2v) is 4.75. The molecule has 1 aliphatic heterocycles. The average Bonchev–Trinajstić information content (AvgIpc) is 2.14. The fourth-order valence-corrected chi connectivity index (χ4v) is 0.987. The highest BCUT2D eigenvalue weighted by atomic mass is 79.9. The summed E-state index contributed by atoms with van der Waals surface area (Å²) in [7, 11) is 0. The number of hydrogen-bond donors (Lipinski definition) is 0. The summed E-state index contributed by atoms with van der Waals surface area (Å²) in [6, 6.07) is 0. The molecule has 1 heterocycles. The zero-order valence-electron chi connectivity index (χ0n) is 4.34. The summed E-state index contributed by atoms with van der Waals surface area (Å²) in [4.78, 5) is 10.3. The van der Waals surface area contributed by atoms with Crippen LogP contribution in [0.2, 0.25) is 0 Å². The maximum Gasteiger partial charge on any atom is 0.508 e. The Morgan fingerprint density at radius 3 is 2.56 bits per heavy atom. The fraction of sp³-hybridized carbons (Fsp3) is 0.750. The molecule has 0 radical (unpaired) electrons. The summed E-state index contributed by atoms with van der Waals surface area (Å²) in [5.41, 5.74) is 0. The molecular formula is C4H4Br2O3. The van der Waals surface area contributed by atoms with E-state index >= 15 is 0 Å². The lowest BCUT2D eigenvalue weighted by molar-refractivity contribution is 0.121. The SMILES string of the molecule is O=C1OCC(C(Br)Br)O1. The molecule has 1 rings (SSSR count). The summed E-state index contributed by atoms with van der Waals surface area (Å²) in [5, 5.41) is 0. The second kappa shape index (κ2) is 2.88. The third-order valence-electron chi connectivity index (χ3n) is 0.894. The van der Waals surface area contributed by atoms with Gasteiger partial charge in [-0.05, 0) is 0 Å². The van der Waals surface area contributed by atoms with Crippen LogP contribution in [0, 0.1) is 0 Å². The van der Waals surface area contributed by atoms with Crippen molar-refractivity contribution in [3.63, 3.8) is 0 Å². The summed E-state index contributed by atoms with van der Waals surface area (Å²) in [6.45, 7) is 0.319. The van der Waals surface area contributed by atoms with Crippen LogP contribution in [0.3, 0.4) is 0 Å². The highest BCUT2D eigenvalue weighted by Crippen LogP contribution is 2.20. The van der Waals surface area contributed by atoms with E-state index in [1.54, 1.807) is 0 Å². The lowest BCUT2D eigenvalue weighted by Crippen LogP contribution is -2.17. The van der Waals surface area contributed by atoms with Crippen molar-refractivity contribution in [1.82, 2.24) is 0 Å². The molecule has 0 aliphatic carbocycles. The van der Waals surface area contributed by atoms with Gasteiger partial charge in [-0.2, -0.15) is 0 Å². The maximum atomic E-state index is 10.3. The Bertz CT molecular complexity index is 125. The number of halogens is 2. The highest BCUT2D eigenvalue weighted by Gasteiger charge is 2.29. The average molecular weight is 260 g/mol. The molecule has 1 saturated heterocycles. The molecule has 0 aromatic heterocycles. The van der Waals surface area contributed by atoms with Crippen LogP contribution in [0.1, 0.15) is 0 Å². The Labute approximate surface area is 69.0 Å². The molecule has 1 unspecified atom stereocenters. The van der Waals surface area contributed by atoms with Gasteiger partial charge in [-0.1, -0.05) is 31.9 Å². The van der Waals surface area contributed by atoms with Gasteiger partial charge in [-0.25, -0.2) is 4.79 Å². The van der Waals surface area contributed by atoms with Crippen molar-refractivity contribution >= 4 is 38.0 Å². The van der Waals surface area contributed by atoms with Crippen molar-refractivity contribution in [2.24, 2.45) is 0 Å². The molecule has 1 aliphatic rings. The normalized spacial score (nSPS) is 26.1. The lowest BCUT2D eigenvalue weighted by atomic mass is 10.5. The Morgan fingerprint density at radius 2 is 2.33 bits per heavy atom. The van der Waals surface area contributed by atoms with E-state index in [4.69, 9.17) is 0 Å². The number of cyclic esters (lactones) is 2. The summed E-state index contributed by atoms with van der Waals surface area (Å²) in [6.07, 6.45) is -0.790. The first-order valence-corrected chi connectivity index (χ1v) is 4.15. The fourth-order valence-electron chi connectivity index (χ4n) is 0.466. The van der Waals surface area contributed by atoms with Gasteiger partial charge in [0, 0.05) is 0 Å². The van der Waals surface area contributed by atoms with Gasteiger partial charge in [-0.15, -0.1) is 0 Å². The van der Waals surface area contributed by atoms with Crippen molar-refractivity contribution in [3.05, 3.63) is 0 Å². The molecule has 0 aromatic rings. The van der Waals surface area contributed by atoms with Gasteiger partial charge in [0.1, 0.15) is 10.3 Å². The van der Waals surface area contributed by atoms with Crippen LogP contribution in [-0.2, 0) is 9.47 Å². The molecule has 0 saturated carbocycles. The van der Waals surface area contributed by atoms with E-state index in [0.717, 1.165) is 0 Å². The van der Waals surface area contributed by atoms with Gasteiger partial charge in [-0.3, -0.25) is 0 Å². The van der Waals surface area contributed by atoms with Gasteiger partial charge in [0.2, 0.25) is 0 Å². The minimum Gasteiger partial charge on any atom is -0.430 e. The Hall–Kier alpha value is 0.230. The molecule has 0 spiro atoms. The van der Waals surface area contributed by atoms with Crippen molar-refractivity contribution in [1.29, 1.82) is 0 Å². The number of hydrogen-bond acceptors (Lipinski definition) is 3. The predicted octanol–water partition coefficient (Wildman–Crippen LogP) is 1.64. The zero-order chi connectivity index (χ0) is 6.85. The molecule has 9 heavy (non-hydrogen) atoms. The molecule has 1 fully saturated rings. The van der Waals surface area contributed by atoms with Gasteiger partial charge in [0.25, 0.3) is 0 Å². The number of alkyl halides is 2. The maximum absolute atomic E-state index is 10.3. The Morgan fingerprint density at radius 1 is 1.67 bits per heavy atom. The largest absolute Gasteiger partial charge is 0.508 e. The van der Waals surface area contributed by atoms with Crippen LogP contribution in [0.5, 0.6) is 0 Å². The van der Waals surface area contributed by atoms with Gasteiger partial charge in [0.05, 0.1) is 0 Å². The number of ether oxygens (including phenoxy) is 2. The van der Waals surface area contributed by atoms with E-state index in [9.17, 15) is 4.79 Å². The van der Waals surface area contributed by atoms with E-state index in [0.29, 0.717) is 6.61 Å². The van der Waals surface area contributed by atoms with E-state index in [2.05, 4.69) is 41.3 Å². The van der Waals surface area contributed by atoms with Gasteiger partial charge in [0.15, 0.2) is 6.10 Å². The van der Waals surface area contributed by atoms with Crippen LogP contribution in [0.25, 0.3) is 0 Å². The van der Waals surface area contributed by atoms with E-state index in [-0.39, 0.29) is 9.84 Å². The van der Waals surface area contributed by atoms with Crippen molar-refractivity contribution < 1.29 is 14.3 Å². The first-order valence-electron chi connectivity index (χ1n) is 2.31. The topological polar surface area (TPSA) is 35.5 Å². The number of rotatable bonds is 1. The van der Waals surface area contributed by atoms with Crippen molar-refractivity contribution in [2.75, 3.05) is 6.61 Å². The van der Waals surface area contributed by atoms with E-state index in [1.165, 1.54) is 0 Å². The Balaban J connectivity index is 2.39. The van der Waals surface area contributed by atoms with Gasteiger partial charge < -0.3 is 9.47 Å². The smallest absolute Gasteiger partial charge is 0.430 e. The van der Waals surface area contributed by atoms with Crippen molar-refractivity contribution in [3.8, 4) is 0 Å². The first-order chi connectivity index (χ1) is 4.20. The molecule has 52 valence electrons.